The van der Waals surface area contributed by atoms with Gasteiger partial charge in [0.25, 0.3) is 0 Å². The summed E-state index contributed by atoms with van der Waals surface area (Å²) in [5.74, 6) is -0.0370. The van der Waals surface area contributed by atoms with E-state index in [-0.39, 0.29) is 17.9 Å². The molecule has 98 valence electrons. The van der Waals surface area contributed by atoms with Gasteiger partial charge in [0.15, 0.2) is 0 Å². The van der Waals surface area contributed by atoms with Gasteiger partial charge in [-0.05, 0) is 43.4 Å². The minimum atomic E-state index is -0.0789. The number of benzene rings is 1. The van der Waals surface area contributed by atoms with Gasteiger partial charge in [-0.2, -0.15) is 0 Å². The first-order chi connectivity index (χ1) is 8.65. The molecule has 0 bridgehead atoms. The first-order valence-corrected chi connectivity index (χ1v) is 7.11. The van der Waals surface area contributed by atoms with E-state index in [1.165, 1.54) is 0 Å². The number of carbonyl (C=O) groups excluding carboxylic acids is 1. The lowest BCUT2D eigenvalue weighted by molar-refractivity contribution is -0.151. The number of hydrogen-bond donors (Lipinski definition) is 1. The molecular weight excluding hydrogens is 294 g/mol. The molecule has 0 aliphatic heterocycles. The molecule has 4 heteroatoms. The Morgan fingerprint density at radius 3 is 2.44 bits per heavy atom. The van der Waals surface area contributed by atoms with E-state index in [1.54, 1.807) is 0 Å². The van der Waals surface area contributed by atoms with Crippen molar-refractivity contribution in [3.05, 3.63) is 34.3 Å². The largest absolute Gasteiger partial charge is 0.461 e. The molecule has 2 rings (SSSR count). The van der Waals surface area contributed by atoms with Crippen LogP contribution in [0.15, 0.2) is 28.7 Å². The molecule has 0 heterocycles. The summed E-state index contributed by atoms with van der Waals surface area (Å²) in [5.41, 5.74) is 6.83. The van der Waals surface area contributed by atoms with Crippen LogP contribution in [0.3, 0.4) is 0 Å². The van der Waals surface area contributed by atoms with Crippen LogP contribution in [0, 0.1) is 5.92 Å². The van der Waals surface area contributed by atoms with Gasteiger partial charge in [0.1, 0.15) is 6.61 Å². The monoisotopic (exact) mass is 311 g/mol. The van der Waals surface area contributed by atoms with E-state index >= 15 is 0 Å². The number of nitrogens with two attached hydrogens (primary N) is 1. The van der Waals surface area contributed by atoms with E-state index < -0.39 is 0 Å². The summed E-state index contributed by atoms with van der Waals surface area (Å²) in [4.78, 5) is 11.9. The SMILES string of the molecule is NC1CCC(C(=O)OCc2ccc(Br)cc2)CC1. The Bertz CT molecular complexity index is 397. The Balaban J connectivity index is 1.79. The van der Waals surface area contributed by atoms with Crippen LogP contribution < -0.4 is 5.73 Å². The molecule has 0 aromatic heterocycles. The van der Waals surface area contributed by atoms with E-state index in [0.717, 1.165) is 35.7 Å². The van der Waals surface area contributed by atoms with Crippen molar-refractivity contribution in [3.63, 3.8) is 0 Å². The number of esters is 1. The summed E-state index contributed by atoms with van der Waals surface area (Å²) >= 11 is 3.37. The average Bonchev–Trinajstić information content (AvgIpc) is 2.38. The summed E-state index contributed by atoms with van der Waals surface area (Å²) in [6, 6.07) is 8.06. The number of rotatable bonds is 3. The van der Waals surface area contributed by atoms with Gasteiger partial charge in [0.05, 0.1) is 5.92 Å². The van der Waals surface area contributed by atoms with Gasteiger partial charge < -0.3 is 10.5 Å². The zero-order valence-electron chi connectivity index (χ0n) is 10.3. The van der Waals surface area contributed by atoms with Gasteiger partial charge in [-0.25, -0.2) is 0 Å². The van der Waals surface area contributed by atoms with Gasteiger partial charge in [-0.15, -0.1) is 0 Å². The maximum atomic E-state index is 11.9. The van der Waals surface area contributed by atoms with Gasteiger partial charge in [0, 0.05) is 10.5 Å². The molecule has 1 aromatic rings. The summed E-state index contributed by atoms with van der Waals surface area (Å²) in [7, 11) is 0. The number of ether oxygens (including phenoxy) is 1. The van der Waals surface area contributed by atoms with Crippen LogP contribution >= 0.6 is 15.9 Å². The molecule has 0 radical (unpaired) electrons. The lowest BCUT2D eigenvalue weighted by Gasteiger charge is -2.24. The molecule has 2 N–H and O–H groups in total. The van der Waals surface area contributed by atoms with Crippen molar-refractivity contribution in [1.29, 1.82) is 0 Å². The summed E-state index contributed by atoms with van der Waals surface area (Å²) in [5, 5.41) is 0. The Morgan fingerprint density at radius 1 is 1.22 bits per heavy atom. The predicted octanol–water partition coefficient (Wildman–Crippen LogP) is 3.01. The summed E-state index contributed by atoms with van der Waals surface area (Å²) in [6.07, 6.45) is 3.58. The van der Waals surface area contributed by atoms with Gasteiger partial charge in [0.2, 0.25) is 0 Å². The van der Waals surface area contributed by atoms with E-state index in [2.05, 4.69) is 15.9 Å². The topological polar surface area (TPSA) is 52.3 Å². The van der Waals surface area contributed by atoms with Gasteiger partial charge in [-0.3, -0.25) is 4.79 Å². The molecule has 3 nitrogen and oxygen atoms in total. The Labute approximate surface area is 116 Å². The van der Waals surface area contributed by atoms with Crippen molar-refractivity contribution >= 4 is 21.9 Å². The zero-order valence-corrected chi connectivity index (χ0v) is 11.9. The number of hydrogen-bond acceptors (Lipinski definition) is 3. The van der Waals surface area contributed by atoms with Crippen molar-refractivity contribution in [2.24, 2.45) is 11.7 Å². The smallest absolute Gasteiger partial charge is 0.309 e. The Morgan fingerprint density at radius 2 is 1.83 bits per heavy atom. The van der Waals surface area contributed by atoms with Crippen LogP contribution in [0.2, 0.25) is 0 Å². The lowest BCUT2D eigenvalue weighted by Crippen LogP contribution is -2.30. The van der Waals surface area contributed by atoms with Crippen LogP contribution in [0.4, 0.5) is 0 Å². The third-order valence-corrected chi connectivity index (χ3v) is 3.93. The molecule has 0 amide bonds. The van der Waals surface area contributed by atoms with Gasteiger partial charge in [-0.1, -0.05) is 28.1 Å². The fraction of sp³-hybridized carbons (Fsp3) is 0.500. The first-order valence-electron chi connectivity index (χ1n) is 6.32. The molecule has 1 aliphatic carbocycles. The highest BCUT2D eigenvalue weighted by Crippen LogP contribution is 2.24. The molecule has 0 spiro atoms. The van der Waals surface area contributed by atoms with E-state index in [1.807, 2.05) is 24.3 Å². The molecule has 1 aliphatic rings. The van der Waals surface area contributed by atoms with Crippen molar-refractivity contribution in [2.75, 3.05) is 0 Å². The molecule has 1 aromatic carbocycles. The number of carbonyl (C=O) groups is 1. The third kappa shape index (κ3) is 3.82. The van der Waals surface area contributed by atoms with Crippen LogP contribution in [-0.2, 0) is 16.1 Å². The van der Waals surface area contributed by atoms with Crippen LogP contribution in [-0.4, -0.2) is 12.0 Å². The molecule has 18 heavy (non-hydrogen) atoms. The molecule has 1 fully saturated rings. The van der Waals surface area contributed by atoms with Crippen molar-refractivity contribution in [2.45, 2.75) is 38.3 Å². The first kappa shape index (κ1) is 13.6. The quantitative estimate of drug-likeness (QED) is 0.873. The predicted molar refractivity (Wildman–Crippen MR) is 73.9 cm³/mol. The summed E-state index contributed by atoms with van der Waals surface area (Å²) in [6.45, 7) is 0.356. The third-order valence-electron chi connectivity index (χ3n) is 3.40. The highest BCUT2D eigenvalue weighted by atomic mass is 79.9. The maximum Gasteiger partial charge on any atom is 0.309 e. The van der Waals surface area contributed by atoms with Crippen LogP contribution in [0.1, 0.15) is 31.2 Å². The second-order valence-electron chi connectivity index (χ2n) is 4.85. The standard InChI is InChI=1S/C14H18BrNO2/c15-12-5-1-10(2-6-12)9-18-14(17)11-3-7-13(16)8-4-11/h1-2,5-6,11,13H,3-4,7-9,16H2. The van der Waals surface area contributed by atoms with Crippen molar-refractivity contribution in [3.8, 4) is 0 Å². The second kappa shape index (κ2) is 6.34. The highest BCUT2D eigenvalue weighted by Gasteiger charge is 2.25. The average molecular weight is 312 g/mol. The maximum absolute atomic E-state index is 11.9. The summed E-state index contributed by atoms with van der Waals surface area (Å²) < 4.78 is 6.37. The molecule has 0 atom stereocenters. The van der Waals surface area contributed by atoms with E-state index in [0.29, 0.717) is 6.61 Å². The second-order valence-corrected chi connectivity index (χ2v) is 5.76. The van der Waals surface area contributed by atoms with Crippen molar-refractivity contribution in [1.82, 2.24) is 0 Å². The van der Waals surface area contributed by atoms with Crippen LogP contribution in [0.25, 0.3) is 0 Å². The number of halogens is 1. The molecular formula is C14H18BrNO2. The minimum absolute atomic E-state index is 0.0419. The molecule has 0 saturated heterocycles. The van der Waals surface area contributed by atoms with Crippen LogP contribution in [0.5, 0.6) is 0 Å². The zero-order chi connectivity index (χ0) is 13.0. The Kier molecular flexibility index (Phi) is 4.78. The fourth-order valence-corrected chi connectivity index (χ4v) is 2.47. The van der Waals surface area contributed by atoms with Crippen molar-refractivity contribution < 1.29 is 9.53 Å². The fourth-order valence-electron chi connectivity index (χ4n) is 2.21. The lowest BCUT2D eigenvalue weighted by atomic mass is 9.86. The Hall–Kier alpha value is -0.870. The molecule has 0 unspecified atom stereocenters. The molecule has 1 saturated carbocycles. The van der Waals surface area contributed by atoms with Gasteiger partial charge >= 0.3 is 5.97 Å². The minimum Gasteiger partial charge on any atom is -0.461 e. The van der Waals surface area contributed by atoms with E-state index in [9.17, 15) is 4.79 Å². The van der Waals surface area contributed by atoms with E-state index in [4.69, 9.17) is 10.5 Å². The highest BCUT2D eigenvalue weighted by molar-refractivity contribution is 9.10. The normalized spacial score (nSPS) is 23.7.